The quantitative estimate of drug-likeness (QED) is 0.570. The van der Waals surface area contributed by atoms with Gasteiger partial charge in [0.25, 0.3) is 0 Å². The summed E-state index contributed by atoms with van der Waals surface area (Å²) in [5.74, 6) is 0.981. The van der Waals surface area contributed by atoms with E-state index in [-0.39, 0.29) is 23.7 Å². The van der Waals surface area contributed by atoms with E-state index in [1.807, 2.05) is 12.1 Å². The lowest BCUT2D eigenvalue weighted by Crippen LogP contribution is -2.41. The number of hydrogen-bond donors (Lipinski definition) is 0. The van der Waals surface area contributed by atoms with E-state index in [1.54, 1.807) is 0 Å². The summed E-state index contributed by atoms with van der Waals surface area (Å²) in [7, 11) is -0.375. The summed E-state index contributed by atoms with van der Waals surface area (Å²) in [5, 5.41) is 1.19. The second-order valence-corrected chi connectivity index (χ2v) is 9.29. The number of furan rings is 1. The minimum absolute atomic E-state index is 0.183. The van der Waals surface area contributed by atoms with Crippen LogP contribution in [0.4, 0.5) is 0 Å². The molecule has 1 aliphatic carbocycles. The van der Waals surface area contributed by atoms with Crippen LogP contribution in [-0.4, -0.2) is 18.3 Å². The molecule has 0 N–H and O–H groups in total. The molecule has 1 aliphatic heterocycles. The van der Waals surface area contributed by atoms with E-state index < -0.39 is 0 Å². The van der Waals surface area contributed by atoms with Gasteiger partial charge in [-0.3, -0.25) is 0 Å². The summed E-state index contributed by atoms with van der Waals surface area (Å²) in [6, 6.07) is 14.7. The number of hydrogen-bond acceptors (Lipinski definition) is 3. The van der Waals surface area contributed by atoms with Gasteiger partial charge in [-0.25, -0.2) is 0 Å². The predicted octanol–water partition coefficient (Wildman–Crippen LogP) is 5.04. The number of para-hydroxylation sites is 1. The van der Waals surface area contributed by atoms with Crippen LogP contribution in [0.15, 0.2) is 46.9 Å². The summed E-state index contributed by atoms with van der Waals surface area (Å²) >= 11 is 0. The van der Waals surface area contributed by atoms with Gasteiger partial charge >= 0.3 is 7.12 Å². The number of benzene rings is 2. The molecule has 0 bridgehead atoms. The molecule has 0 radical (unpaired) electrons. The molecule has 2 aromatic carbocycles. The smallest absolute Gasteiger partial charge is 0.456 e. The highest BCUT2D eigenvalue weighted by molar-refractivity contribution is 6.63. The van der Waals surface area contributed by atoms with Gasteiger partial charge in [-0.1, -0.05) is 50.2 Å². The third kappa shape index (κ3) is 2.11. The Balaban J connectivity index is 1.72. The molecule has 0 saturated carbocycles. The van der Waals surface area contributed by atoms with Crippen molar-refractivity contribution in [3.63, 3.8) is 0 Å². The van der Waals surface area contributed by atoms with Crippen molar-refractivity contribution in [1.82, 2.24) is 0 Å². The maximum absolute atomic E-state index is 6.38. The molecule has 3 nitrogen and oxygen atoms in total. The van der Waals surface area contributed by atoms with Crippen LogP contribution < -0.4 is 5.46 Å². The SMILES string of the molecule is CC1(C)c2c(B3OC(C)(C)C(C)(C)O3)cccc2-c2oc3ccccc3c21. The predicted molar refractivity (Wildman–Crippen MR) is 109 cm³/mol. The van der Waals surface area contributed by atoms with Crippen LogP contribution in [0.2, 0.25) is 0 Å². The third-order valence-electron chi connectivity index (χ3n) is 6.69. The largest absolute Gasteiger partial charge is 0.495 e. The van der Waals surface area contributed by atoms with Crippen LogP contribution in [0.25, 0.3) is 22.3 Å². The van der Waals surface area contributed by atoms with Crippen molar-refractivity contribution in [3.05, 3.63) is 53.6 Å². The van der Waals surface area contributed by atoms with Crippen molar-refractivity contribution in [2.24, 2.45) is 0 Å². The molecule has 138 valence electrons. The van der Waals surface area contributed by atoms with E-state index in [4.69, 9.17) is 13.7 Å². The molecule has 2 aliphatic rings. The van der Waals surface area contributed by atoms with Crippen molar-refractivity contribution in [1.29, 1.82) is 0 Å². The van der Waals surface area contributed by atoms with Crippen LogP contribution in [0, 0.1) is 0 Å². The van der Waals surface area contributed by atoms with Gasteiger partial charge in [-0.15, -0.1) is 0 Å². The Morgan fingerprint density at radius 1 is 0.741 bits per heavy atom. The zero-order valence-electron chi connectivity index (χ0n) is 16.8. The maximum Gasteiger partial charge on any atom is 0.495 e. The lowest BCUT2D eigenvalue weighted by molar-refractivity contribution is 0.00578. The van der Waals surface area contributed by atoms with Gasteiger partial charge in [0.1, 0.15) is 11.3 Å². The summed E-state index contributed by atoms with van der Waals surface area (Å²) < 4.78 is 19.0. The summed E-state index contributed by atoms with van der Waals surface area (Å²) in [4.78, 5) is 0. The molecule has 1 aromatic heterocycles. The maximum atomic E-state index is 6.38. The Morgan fingerprint density at radius 3 is 2.11 bits per heavy atom. The van der Waals surface area contributed by atoms with E-state index in [0.717, 1.165) is 22.4 Å². The second-order valence-electron chi connectivity index (χ2n) is 9.29. The van der Waals surface area contributed by atoms with Gasteiger partial charge in [0.05, 0.1) is 11.2 Å². The van der Waals surface area contributed by atoms with Gasteiger partial charge in [0.15, 0.2) is 0 Å². The lowest BCUT2D eigenvalue weighted by atomic mass is 9.68. The van der Waals surface area contributed by atoms with Crippen LogP contribution in [-0.2, 0) is 14.7 Å². The monoisotopic (exact) mass is 360 g/mol. The number of fused-ring (bicyclic) bond motifs is 5. The molecule has 27 heavy (non-hydrogen) atoms. The van der Waals surface area contributed by atoms with E-state index >= 15 is 0 Å². The molecule has 2 heterocycles. The Morgan fingerprint density at radius 2 is 1.41 bits per heavy atom. The second kappa shape index (κ2) is 5.06. The average Bonchev–Trinajstić information content (AvgIpc) is 3.16. The fourth-order valence-electron chi connectivity index (χ4n) is 4.60. The molecular formula is C23H25BO3. The highest BCUT2D eigenvalue weighted by atomic mass is 16.7. The molecule has 0 spiro atoms. The van der Waals surface area contributed by atoms with E-state index in [2.05, 4.69) is 71.9 Å². The van der Waals surface area contributed by atoms with Gasteiger partial charge in [0, 0.05) is 21.9 Å². The summed E-state index contributed by atoms with van der Waals surface area (Å²) in [5.41, 5.74) is 4.81. The molecule has 0 amide bonds. The zero-order valence-corrected chi connectivity index (χ0v) is 16.8. The standard InChI is InChI=1S/C23H25BO3/c1-21(2)18-15(20-19(21)14-10-7-8-13-17(14)25-20)11-9-12-16(18)24-26-22(3,4)23(5,6)27-24/h7-13H,1-6H3. The first kappa shape index (κ1) is 17.1. The van der Waals surface area contributed by atoms with E-state index in [0.29, 0.717) is 0 Å². The third-order valence-corrected chi connectivity index (χ3v) is 6.69. The highest BCUT2D eigenvalue weighted by Crippen LogP contribution is 2.52. The molecule has 3 aromatic rings. The zero-order chi connectivity index (χ0) is 19.2. The Bertz CT molecular complexity index is 1060. The Kier molecular flexibility index (Phi) is 3.20. The molecule has 4 heteroatoms. The van der Waals surface area contributed by atoms with Gasteiger partial charge < -0.3 is 13.7 Å². The van der Waals surface area contributed by atoms with Crippen molar-refractivity contribution < 1.29 is 13.7 Å². The minimum Gasteiger partial charge on any atom is -0.456 e. The first-order valence-corrected chi connectivity index (χ1v) is 9.65. The van der Waals surface area contributed by atoms with Gasteiger partial charge in [-0.05, 0) is 44.8 Å². The van der Waals surface area contributed by atoms with Gasteiger partial charge in [0.2, 0.25) is 0 Å². The van der Waals surface area contributed by atoms with Crippen molar-refractivity contribution in [3.8, 4) is 11.3 Å². The Hall–Kier alpha value is -2.04. The summed E-state index contributed by atoms with van der Waals surface area (Å²) in [6.07, 6.45) is 0. The lowest BCUT2D eigenvalue weighted by Gasteiger charge is -2.32. The topological polar surface area (TPSA) is 31.6 Å². The molecule has 1 saturated heterocycles. The molecular weight excluding hydrogens is 335 g/mol. The first-order valence-electron chi connectivity index (χ1n) is 9.65. The molecule has 0 unspecified atom stereocenters. The van der Waals surface area contributed by atoms with E-state index in [1.165, 1.54) is 16.5 Å². The molecule has 5 rings (SSSR count). The minimum atomic E-state index is -0.375. The molecule has 0 atom stereocenters. The van der Waals surface area contributed by atoms with Crippen molar-refractivity contribution in [2.45, 2.75) is 58.2 Å². The van der Waals surface area contributed by atoms with Crippen LogP contribution in [0.3, 0.4) is 0 Å². The van der Waals surface area contributed by atoms with Crippen LogP contribution in [0.5, 0.6) is 0 Å². The van der Waals surface area contributed by atoms with Crippen molar-refractivity contribution >= 4 is 23.6 Å². The van der Waals surface area contributed by atoms with E-state index in [9.17, 15) is 0 Å². The Labute approximate surface area is 160 Å². The first-order chi connectivity index (χ1) is 12.6. The normalized spacial score (nSPS) is 21.5. The highest BCUT2D eigenvalue weighted by Gasteiger charge is 2.54. The number of rotatable bonds is 1. The van der Waals surface area contributed by atoms with Crippen LogP contribution in [0.1, 0.15) is 52.7 Å². The fraction of sp³-hybridized carbons (Fsp3) is 0.391. The fourth-order valence-corrected chi connectivity index (χ4v) is 4.60. The summed E-state index contributed by atoms with van der Waals surface area (Å²) in [6.45, 7) is 12.9. The van der Waals surface area contributed by atoms with Crippen molar-refractivity contribution in [2.75, 3.05) is 0 Å². The molecule has 1 fully saturated rings. The van der Waals surface area contributed by atoms with Crippen LogP contribution >= 0.6 is 0 Å². The average molecular weight is 360 g/mol. The van der Waals surface area contributed by atoms with Gasteiger partial charge in [-0.2, -0.15) is 0 Å².